The van der Waals surface area contributed by atoms with Crippen LogP contribution >= 0.6 is 0 Å². The van der Waals surface area contributed by atoms with Crippen molar-refractivity contribution in [1.82, 2.24) is 4.90 Å². The number of hydrogen-bond acceptors (Lipinski definition) is 4. The maximum atomic E-state index is 11.8. The quantitative estimate of drug-likeness (QED) is 0.619. The fourth-order valence-corrected chi connectivity index (χ4v) is 1.63. The lowest BCUT2D eigenvalue weighted by molar-refractivity contribution is 0.0506. The van der Waals surface area contributed by atoms with E-state index < -0.39 is 0 Å². The number of esters is 1. The third kappa shape index (κ3) is 4.04. The fraction of sp³-hybridized carbons (Fsp3) is 0.500. The first kappa shape index (κ1) is 14.5. The summed E-state index contributed by atoms with van der Waals surface area (Å²) in [5, 5.41) is 0. The molecule has 0 aliphatic carbocycles. The Bertz CT molecular complexity index is 403. The smallest absolute Gasteiger partial charge is 0.340 e. The predicted octanol–water partition coefficient (Wildman–Crippen LogP) is 1.94. The van der Waals surface area contributed by atoms with E-state index in [9.17, 15) is 4.79 Å². The van der Waals surface area contributed by atoms with E-state index in [1.165, 1.54) is 0 Å². The summed E-state index contributed by atoms with van der Waals surface area (Å²) in [5.41, 5.74) is 8.03. The van der Waals surface area contributed by atoms with E-state index in [-0.39, 0.29) is 5.97 Å². The number of carbonyl (C=O) groups excluding carboxylic acids is 1. The van der Waals surface area contributed by atoms with Gasteiger partial charge >= 0.3 is 5.97 Å². The summed E-state index contributed by atoms with van der Waals surface area (Å²) >= 11 is 0. The van der Waals surface area contributed by atoms with Crippen LogP contribution in [0.1, 0.15) is 29.3 Å². The molecule has 4 heteroatoms. The van der Waals surface area contributed by atoms with Gasteiger partial charge in [-0.1, -0.05) is 19.1 Å². The summed E-state index contributed by atoms with van der Waals surface area (Å²) in [5.74, 6) is -0.332. The fourth-order valence-electron chi connectivity index (χ4n) is 1.63. The number of carbonyl (C=O) groups is 1. The number of para-hydroxylation sites is 1. The number of nitrogens with two attached hydrogens (primary N) is 1. The molecule has 1 aromatic carbocycles. The number of benzene rings is 1. The minimum absolute atomic E-state index is 0.332. The molecule has 0 aliphatic heterocycles. The second-order valence-electron chi connectivity index (χ2n) is 4.57. The Balaban J connectivity index is 2.80. The first-order chi connectivity index (χ1) is 8.56. The summed E-state index contributed by atoms with van der Waals surface area (Å²) in [7, 11) is 4.02. The van der Waals surface area contributed by atoms with Gasteiger partial charge in [-0.3, -0.25) is 0 Å². The van der Waals surface area contributed by atoms with Crippen molar-refractivity contribution in [2.45, 2.75) is 19.8 Å². The van der Waals surface area contributed by atoms with Gasteiger partial charge in [0.05, 0.1) is 12.2 Å². The molecule has 0 radical (unpaired) electrons. The summed E-state index contributed by atoms with van der Waals surface area (Å²) < 4.78 is 5.11. The molecule has 0 saturated carbocycles. The molecule has 0 unspecified atom stereocenters. The molecule has 0 spiro atoms. The van der Waals surface area contributed by atoms with E-state index in [1.54, 1.807) is 6.07 Å². The monoisotopic (exact) mass is 250 g/mol. The zero-order valence-electron chi connectivity index (χ0n) is 11.4. The Hall–Kier alpha value is -1.55. The number of rotatable bonds is 6. The Kier molecular flexibility index (Phi) is 5.65. The number of nitrogens with zero attached hydrogens (tertiary/aromatic N) is 1. The molecule has 4 nitrogen and oxygen atoms in total. The number of ether oxygens (including phenoxy) is 1. The molecule has 0 atom stereocenters. The van der Waals surface area contributed by atoms with Crippen molar-refractivity contribution >= 4 is 11.7 Å². The molecule has 0 aliphatic rings. The normalized spacial score (nSPS) is 10.7. The Morgan fingerprint density at radius 3 is 2.72 bits per heavy atom. The van der Waals surface area contributed by atoms with E-state index in [0.29, 0.717) is 17.9 Å². The van der Waals surface area contributed by atoms with Gasteiger partial charge in [-0.2, -0.15) is 0 Å². The van der Waals surface area contributed by atoms with Gasteiger partial charge in [0.15, 0.2) is 0 Å². The minimum atomic E-state index is -0.332. The van der Waals surface area contributed by atoms with E-state index >= 15 is 0 Å². The van der Waals surface area contributed by atoms with Crippen LogP contribution in [0.4, 0.5) is 5.69 Å². The molecule has 0 saturated heterocycles. The summed E-state index contributed by atoms with van der Waals surface area (Å²) in [6.07, 6.45) is 1.64. The third-order valence-electron chi connectivity index (χ3n) is 2.68. The second kappa shape index (κ2) is 7.01. The van der Waals surface area contributed by atoms with Crippen molar-refractivity contribution in [3.8, 4) is 0 Å². The molecular weight excluding hydrogens is 228 g/mol. The topological polar surface area (TPSA) is 55.6 Å². The highest BCUT2D eigenvalue weighted by atomic mass is 16.5. The molecule has 0 aromatic heterocycles. The molecule has 18 heavy (non-hydrogen) atoms. The number of nitrogen functional groups attached to an aromatic ring is 1. The number of hydrogen-bond donors (Lipinski definition) is 1. The molecular formula is C14H22N2O2. The maximum Gasteiger partial charge on any atom is 0.340 e. The first-order valence-electron chi connectivity index (χ1n) is 6.25. The van der Waals surface area contributed by atoms with Crippen LogP contribution in [0.15, 0.2) is 18.2 Å². The summed E-state index contributed by atoms with van der Waals surface area (Å²) in [6, 6.07) is 5.52. The van der Waals surface area contributed by atoms with Crippen LogP contribution in [0, 0.1) is 0 Å². The Labute approximate surface area is 109 Å². The average molecular weight is 250 g/mol. The lowest BCUT2D eigenvalue weighted by Gasteiger charge is -2.13. The molecule has 0 amide bonds. The molecule has 0 bridgehead atoms. The highest BCUT2D eigenvalue weighted by molar-refractivity contribution is 5.95. The van der Waals surface area contributed by atoms with Crippen molar-refractivity contribution in [2.24, 2.45) is 0 Å². The van der Waals surface area contributed by atoms with Crippen LogP contribution < -0.4 is 5.73 Å². The highest BCUT2D eigenvalue weighted by Gasteiger charge is 2.13. The molecule has 2 N–H and O–H groups in total. The van der Waals surface area contributed by atoms with Crippen LogP contribution in [-0.4, -0.2) is 38.1 Å². The first-order valence-corrected chi connectivity index (χ1v) is 6.25. The Morgan fingerprint density at radius 1 is 1.39 bits per heavy atom. The van der Waals surface area contributed by atoms with Crippen LogP contribution in [-0.2, 0) is 11.2 Å². The van der Waals surface area contributed by atoms with Gasteiger partial charge in [0.1, 0.15) is 0 Å². The second-order valence-corrected chi connectivity index (χ2v) is 4.57. The van der Waals surface area contributed by atoms with Gasteiger partial charge in [0, 0.05) is 12.2 Å². The number of anilines is 1. The molecule has 1 rings (SSSR count). The zero-order valence-corrected chi connectivity index (χ0v) is 11.4. The van der Waals surface area contributed by atoms with Crippen LogP contribution in [0.25, 0.3) is 0 Å². The Morgan fingerprint density at radius 2 is 2.11 bits per heavy atom. The molecule has 1 aromatic rings. The highest BCUT2D eigenvalue weighted by Crippen LogP contribution is 2.19. The van der Waals surface area contributed by atoms with Crippen molar-refractivity contribution in [3.63, 3.8) is 0 Å². The van der Waals surface area contributed by atoms with Gasteiger partial charge in [0.25, 0.3) is 0 Å². The lowest BCUT2D eigenvalue weighted by Crippen LogP contribution is -2.17. The van der Waals surface area contributed by atoms with Crippen molar-refractivity contribution in [1.29, 1.82) is 0 Å². The predicted molar refractivity (Wildman–Crippen MR) is 73.7 cm³/mol. The third-order valence-corrected chi connectivity index (χ3v) is 2.68. The van der Waals surface area contributed by atoms with Gasteiger partial charge < -0.3 is 15.4 Å². The van der Waals surface area contributed by atoms with Crippen LogP contribution in [0.5, 0.6) is 0 Å². The summed E-state index contributed by atoms with van der Waals surface area (Å²) in [4.78, 5) is 13.9. The molecule has 100 valence electrons. The van der Waals surface area contributed by atoms with Crippen molar-refractivity contribution in [3.05, 3.63) is 29.3 Å². The molecule has 0 fully saturated rings. The van der Waals surface area contributed by atoms with Gasteiger partial charge in [-0.05, 0) is 38.6 Å². The largest absolute Gasteiger partial charge is 0.462 e. The lowest BCUT2D eigenvalue weighted by atomic mass is 10.0. The molecule has 0 heterocycles. The average Bonchev–Trinajstić information content (AvgIpc) is 2.34. The van der Waals surface area contributed by atoms with E-state index in [0.717, 1.165) is 24.9 Å². The van der Waals surface area contributed by atoms with Crippen molar-refractivity contribution in [2.75, 3.05) is 33.0 Å². The summed E-state index contributed by atoms with van der Waals surface area (Å²) in [6.45, 7) is 3.29. The van der Waals surface area contributed by atoms with Crippen LogP contribution in [0.3, 0.4) is 0 Å². The standard InChI is InChI=1S/C14H22N2O2/c1-4-10-18-14(17)12-7-5-6-11(13(12)15)8-9-16(2)3/h5-7H,4,8-10,15H2,1-3H3. The maximum absolute atomic E-state index is 11.8. The van der Waals surface area contributed by atoms with Crippen LogP contribution in [0.2, 0.25) is 0 Å². The van der Waals surface area contributed by atoms with E-state index in [2.05, 4.69) is 4.90 Å². The van der Waals surface area contributed by atoms with E-state index in [1.807, 2.05) is 33.2 Å². The minimum Gasteiger partial charge on any atom is -0.462 e. The van der Waals surface area contributed by atoms with Gasteiger partial charge in [0.2, 0.25) is 0 Å². The van der Waals surface area contributed by atoms with Gasteiger partial charge in [-0.25, -0.2) is 4.79 Å². The van der Waals surface area contributed by atoms with E-state index in [4.69, 9.17) is 10.5 Å². The van der Waals surface area contributed by atoms with Crippen molar-refractivity contribution < 1.29 is 9.53 Å². The number of likely N-dealkylation sites (N-methyl/N-ethyl adjacent to an activating group) is 1. The SMILES string of the molecule is CCCOC(=O)c1cccc(CCN(C)C)c1N. The zero-order chi connectivity index (χ0) is 13.5. The van der Waals surface area contributed by atoms with Gasteiger partial charge in [-0.15, -0.1) is 0 Å².